The third-order valence-electron chi connectivity index (χ3n) is 4.57. The number of carbonyl (C=O) groups excluding carboxylic acids is 1. The largest absolute Gasteiger partial charge is 0.497 e. The standard InChI is InChI=1S/C26H32O4/c1-7-23(30-25(27)12-10-9-11-17-26(4,5)8-2)18-21(3)19-29-20-22-13-15-24(28-6)16-14-22/h1-2,13-16,21,23H,9,11,17-20H2,3-6H3/t21-,23?/m1/s1. The van der Waals surface area contributed by atoms with E-state index in [1.54, 1.807) is 7.11 Å². The van der Waals surface area contributed by atoms with Gasteiger partial charge in [0.25, 0.3) is 0 Å². The first-order chi connectivity index (χ1) is 14.3. The van der Waals surface area contributed by atoms with E-state index in [2.05, 4.69) is 23.7 Å². The molecule has 30 heavy (non-hydrogen) atoms. The van der Waals surface area contributed by atoms with Gasteiger partial charge < -0.3 is 14.2 Å². The maximum absolute atomic E-state index is 11.9. The van der Waals surface area contributed by atoms with Crippen LogP contribution >= 0.6 is 0 Å². The lowest BCUT2D eigenvalue weighted by Crippen LogP contribution is -2.20. The summed E-state index contributed by atoms with van der Waals surface area (Å²) in [7, 11) is 1.63. The van der Waals surface area contributed by atoms with Crippen LogP contribution in [-0.4, -0.2) is 25.8 Å². The van der Waals surface area contributed by atoms with Gasteiger partial charge >= 0.3 is 5.97 Å². The van der Waals surface area contributed by atoms with Gasteiger partial charge in [0.15, 0.2) is 6.10 Å². The topological polar surface area (TPSA) is 44.8 Å². The van der Waals surface area contributed by atoms with Gasteiger partial charge in [-0.1, -0.05) is 30.9 Å². The predicted octanol–water partition coefficient (Wildman–Crippen LogP) is 4.62. The number of rotatable bonds is 11. The summed E-state index contributed by atoms with van der Waals surface area (Å²) in [4.78, 5) is 11.9. The quantitative estimate of drug-likeness (QED) is 0.232. The summed E-state index contributed by atoms with van der Waals surface area (Å²) in [5.74, 6) is 10.9. The molecule has 1 unspecified atom stereocenters. The molecule has 0 amide bonds. The van der Waals surface area contributed by atoms with E-state index in [1.165, 1.54) is 0 Å². The zero-order valence-corrected chi connectivity index (χ0v) is 18.5. The number of unbranched alkanes of at least 4 members (excludes halogenated alkanes) is 1. The number of hydrogen-bond donors (Lipinski definition) is 0. The Hall–Kier alpha value is -2.87. The van der Waals surface area contributed by atoms with Crippen molar-refractivity contribution >= 4 is 5.97 Å². The van der Waals surface area contributed by atoms with Crippen molar-refractivity contribution in [2.75, 3.05) is 13.7 Å². The van der Waals surface area contributed by atoms with Gasteiger partial charge in [-0.15, -0.1) is 18.8 Å². The van der Waals surface area contributed by atoms with Gasteiger partial charge in [-0.25, -0.2) is 4.79 Å². The molecule has 0 saturated carbocycles. The molecule has 1 rings (SSSR count). The van der Waals surface area contributed by atoms with E-state index in [4.69, 9.17) is 27.1 Å². The smallest absolute Gasteiger partial charge is 0.385 e. The van der Waals surface area contributed by atoms with Gasteiger partial charge in [-0.2, -0.15) is 0 Å². The molecule has 0 radical (unpaired) electrons. The Morgan fingerprint density at radius 1 is 1.20 bits per heavy atom. The van der Waals surface area contributed by atoms with Crippen molar-refractivity contribution in [3.8, 4) is 42.3 Å². The van der Waals surface area contributed by atoms with E-state index in [1.807, 2.05) is 45.0 Å². The second-order valence-corrected chi connectivity index (χ2v) is 7.95. The molecule has 0 aliphatic carbocycles. The molecule has 0 aromatic heterocycles. The van der Waals surface area contributed by atoms with Crippen LogP contribution in [0.5, 0.6) is 5.75 Å². The van der Waals surface area contributed by atoms with Crippen molar-refractivity contribution in [1.82, 2.24) is 0 Å². The molecule has 0 fully saturated rings. The van der Waals surface area contributed by atoms with Crippen LogP contribution in [0.1, 0.15) is 52.0 Å². The minimum atomic E-state index is -0.619. The molecule has 1 aromatic rings. The summed E-state index contributed by atoms with van der Waals surface area (Å²) >= 11 is 0. The monoisotopic (exact) mass is 408 g/mol. The molecule has 160 valence electrons. The molecule has 4 nitrogen and oxygen atoms in total. The molecule has 4 heteroatoms. The van der Waals surface area contributed by atoms with Crippen molar-refractivity contribution in [3.63, 3.8) is 0 Å². The van der Waals surface area contributed by atoms with Crippen LogP contribution in [0, 0.1) is 47.9 Å². The van der Waals surface area contributed by atoms with E-state index in [9.17, 15) is 4.79 Å². The lowest BCUT2D eigenvalue weighted by Gasteiger charge is -2.16. The first kappa shape index (κ1) is 25.2. The molecule has 0 spiro atoms. The van der Waals surface area contributed by atoms with Crippen LogP contribution in [0.25, 0.3) is 0 Å². The molecule has 0 heterocycles. The second-order valence-electron chi connectivity index (χ2n) is 7.95. The van der Waals surface area contributed by atoms with Crippen molar-refractivity contribution < 1.29 is 19.0 Å². The lowest BCUT2D eigenvalue weighted by molar-refractivity contribution is -0.140. The summed E-state index contributed by atoms with van der Waals surface area (Å²) < 4.78 is 16.2. The zero-order chi connectivity index (χ0) is 22.4. The average Bonchev–Trinajstić information content (AvgIpc) is 2.73. The van der Waals surface area contributed by atoms with E-state index in [0.29, 0.717) is 26.1 Å². The van der Waals surface area contributed by atoms with E-state index in [0.717, 1.165) is 24.2 Å². The zero-order valence-electron chi connectivity index (χ0n) is 18.5. The number of terminal acetylenes is 2. The van der Waals surface area contributed by atoms with Crippen molar-refractivity contribution in [2.24, 2.45) is 11.3 Å². The highest BCUT2D eigenvalue weighted by Gasteiger charge is 2.15. The minimum absolute atomic E-state index is 0.135. The highest BCUT2D eigenvalue weighted by Crippen LogP contribution is 2.21. The van der Waals surface area contributed by atoms with E-state index in [-0.39, 0.29) is 11.3 Å². The summed E-state index contributed by atoms with van der Waals surface area (Å²) in [5, 5.41) is 0. The number of methoxy groups -OCH3 is 1. The van der Waals surface area contributed by atoms with Crippen LogP contribution in [0.4, 0.5) is 0 Å². The molecule has 0 saturated heterocycles. The van der Waals surface area contributed by atoms with Gasteiger partial charge in [0.05, 0.1) is 13.7 Å². The Bertz CT molecular complexity index is 797. The van der Waals surface area contributed by atoms with Gasteiger partial charge in [0.1, 0.15) is 5.75 Å². The van der Waals surface area contributed by atoms with E-state index < -0.39 is 12.1 Å². The van der Waals surface area contributed by atoms with Gasteiger partial charge in [0.2, 0.25) is 0 Å². The summed E-state index contributed by atoms with van der Waals surface area (Å²) in [6, 6.07) is 7.71. The fourth-order valence-electron chi connectivity index (χ4n) is 2.67. The number of hydrogen-bond acceptors (Lipinski definition) is 4. The van der Waals surface area contributed by atoms with Crippen LogP contribution in [0.15, 0.2) is 24.3 Å². The number of ether oxygens (including phenoxy) is 3. The highest BCUT2D eigenvalue weighted by molar-refractivity contribution is 5.88. The molecule has 2 atom stereocenters. The molecule has 0 aliphatic rings. The number of esters is 1. The van der Waals surface area contributed by atoms with Crippen molar-refractivity contribution in [3.05, 3.63) is 29.8 Å². The van der Waals surface area contributed by atoms with Gasteiger partial charge in [0, 0.05) is 30.8 Å². The molecular formula is C26H32O4. The van der Waals surface area contributed by atoms with Crippen LogP contribution in [0.3, 0.4) is 0 Å². The van der Waals surface area contributed by atoms with Crippen LogP contribution in [-0.2, 0) is 20.9 Å². The van der Waals surface area contributed by atoms with Crippen LogP contribution in [0.2, 0.25) is 0 Å². The number of benzene rings is 1. The Morgan fingerprint density at radius 3 is 2.50 bits per heavy atom. The first-order valence-corrected chi connectivity index (χ1v) is 10.1. The Morgan fingerprint density at radius 2 is 1.90 bits per heavy atom. The molecule has 0 N–H and O–H groups in total. The second kappa shape index (κ2) is 13.4. The highest BCUT2D eigenvalue weighted by atomic mass is 16.5. The summed E-state index contributed by atoms with van der Waals surface area (Å²) in [5.41, 5.74) is 0.909. The fraction of sp³-hybridized carbons (Fsp3) is 0.500. The first-order valence-electron chi connectivity index (χ1n) is 10.1. The molecular weight excluding hydrogens is 376 g/mol. The third-order valence-corrected chi connectivity index (χ3v) is 4.57. The lowest BCUT2D eigenvalue weighted by atomic mass is 9.88. The Kier molecular flexibility index (Phi) is 11.2. The van der Waals surface area contributed by atoms with Gasteiger partial charge in [-0.3, -0.25) is 0 Å². The summed E-state index contributed by atoms with van der Waals surface area (Å²) in [6.07, 6.45) is 13.1. The van der Waals surface area contributed by atoms with Crippen molar-refractivity contribution in [1.29, 1.82) is 0 Å². The SMILES string of the molecule is C#CC(C[C@@H](C)COCc1ccc(OC)cc1)OC(=O)C#CCCCC(C)(C)C#C. The predicted molar refractivity (Wildman–Crippen MR) is 119 cm³/mol. The normalized spacial score (nSPS) is 12.5. The Balaban J connectivity index is 2.31. The van der Waals surface area contributed by atoms with E-state index >= 15 is 0 Å². The molecule has 0 bridgehead atoms. The molecule has 0 aliphatic heterocycles. The Labute approximate surface area is 181 Å². The summed E-state index contributed by atoms with van der Waals surface area (Å²) in [6.45, 7) is 7.03. The third kappa shape index (κ3) is 10.6. The molecule has 1 aromatic carbocycles. The van der Waals surface area contributed by atoms with Crippen LogP contribution < -0.4 is 4.74 Å². The number of carbonyl (C=O) groups is 1. The maximum atomic E-state index is 11.9. The minimum Gasteiger partial charge on any atom is -0.497 e. The average molecular weight is 409 g/mol. The van der Waals surface area contributed by atoms with Gasteiger partial charge in [-0.05, 0) is 50.3 Å². The van der Waals surface area contributed by atoms with Crippen molar-refractivity contribution in [2.45, 2.75) is 59.2 Å². The fourth-order valence-corrected chi connectivity index (χ4v) is 2.67. The maximum Gasteiger partial charge on any atom is 0.385 e.